The second-order valence-corrected chi connectivity index (χ2v) is 9.02. The summed E-state index contributed by atoms with van der Waals surface area (Å²) in [6, 6.07) is 10.5. The molecule has 2 aromatic rings. The number of hydrogen-bond acceptors (Lipinski definition) is 3. The molecule has 2 aliphatic rings. The van der Waals surface area contributed by atoms with Crippen LogP contribution in [0.15, 0.2) is 30.3 Å². The number of sulfonamides is 1. The van der Waals surface area contributed by atoms with E-state index in [-0.39, 0.29) is 11.8 Å². The van der Waals surface area contributed by atoms with E-state index in [9.17, 15) is 13.2 Å². The molecule has 0 bridgehead atoms. The molecule has 0 spiro atoms. The highest BCUT2D eigenvalue weighted by molar-refractivity contribution is 7.88. The third kappa shape index (κ3) is 3.06. The van der Waals surface area contributed by atoms with Gasteiger partial charge in [0.05, 0.1) is 12.8 Å². The molecule has 25 heavy (non-hydrogen) atoms. The summed E-state index contributed by atoms with van der Waals surface area (Å²) in [5.41, 5.74) is 2.40. The minimum atomic E-state index is -3.15. The van der Waals surface area contributed by atoms with Crippen molar-refractivity contribution in [3.63, 3.8) is 0 Å². The van der Waals surface area contributed by atoms with Crippen LogP contribution in [0.2, 0.25) is 0 Å². The number of piperidine rings is 1. The number of nitrogens with zero attached hydrogens (tertiary/aromatic N) is 3. The van der Waals surface area contributed by atoms with Crippen LogP contribution in [-0.4, -0.2) is 54.0 Å². The Morgan fingerprint density at radius 1 is 1.08 bits per heavy atom. The second kappa shape index (κ2) is 6.14. The molecule has 0 unspecified atom stereocenters. The van der Waals surface area contributed by atoms with Gasteiger partial charge in [0.2, 0.25) is 15.9 Å². The Balaban J connectivity index is 1.46. The van der Waals surface area contributed by atoms with E-state index in [1.165, 1.54) is 27.2 Å². The van der Waals surface area contributed by atoms with E-state index in [0.717, 1.165) is 13.1 Å². The van der Waals surface area contributed by atoms with Crippen molar-refractivity contribution < 1.29 is 13.2 Å². The number of carbonyl (C=O) groups excluding carboxylic acids is 1. The van der Waals surface area contributed by atoms with Crippen LogP contribution < -0.4 is 0 Å². The van der Waals surface area contributed by atoms with Crippen LogP contribution in [0.5, 0.6) is 0 Å². The van der Waals surface area contributed by atoms with Crippen LogP contribution in [0.4, 0.5) is 0 Å². The molecule has 4 rings (SSSR count). The first-order chi connectivity index (χ1) is 11.9. The van der Waals surface area contributed by atoms with Gasteiger partial charge in [0, 0.05) is 43.3 Å². The highest BCUT2D eigenvalue weighted by Gasteiger charge is 2.32. The third-order valence-electron chi connectivity index (χ3n) is 5.43. The maximum Gasteiger partial charge on any atom is 0.226 e. The maximum atomic E-state index is 12.9. The molecule has 6 nitrogen and oxygen atoms in total. The van der Waals surface area contributed by atoms with Crippen molar-refractivity contribution in [3.05, 3.63) is 36.0 Å². The molecular weight excluding hydrogens is 338 g/mol. The monoisotopic (exact) mass is 361 g/mol. The van der Waals surface area contributed by atoms with Gasteiger partial charge in [-0.1, -0.05) is 18.2 Å². The van der Waals surface area contributed by atoms with Gasteiger partial charge in [-0.05, 0) is 30.4 Å². The zero-order valence-corrected chi connectivity index (χ0v) is 15.2. The number of hydrogen-bond donors (Lipinski definition) is 0. The van der Waals surface area contributed by atoms with E-state index >= 15 is 0 Å². The van der Waals surface area contributed by atoms with Gasteiger partial charge >= 0.3 is 0 Å². The van der Waals surface area contributed by atoms with Crippen LogP contribution in [-0.2, 0) is 27.9 Å². The van der Waals surface area contributed by atoms with E-state index in [1.807, 2.05) is 17.0 Å². The lowest BCUT2D eigenvalue weighted by Gasteiger charge is -2.35. The summed E-state index contributed by atoms with van der Waals surface area (Å²) < 4.78 is 27.0. The van der Waals surface area contributed by atoms with Crippen molar-refractivity contribution in [3.8, 4) is 0 Å². The van der Waals surface area contributed by atoms with E-state index in [1.54, 1.807) is 0 Å². The topological polar surface area (TPSA) is 62.6 Å². The Kier molecular flexibility index (Phi) is 4.08. The fraction of sp³-hybridized carbons (Fsp3) is 0.500. The molecule has 1 aromatic heterocycles. The predicted octanol–water partition coefficient (Wildman–Crippen LogP) is 1.66. The summed E-state index contributed by atoms with van der Waals surface area (Å²) in [7, 11) is -3.15. The van der Waals surface area contributed by atoms with Crippen molar-refractivity contribution in [1.82, 2.24) is 13.8 Å². The first kappa shape index (κ1) is 16.6. The van der Waals surface area contributed by atoms with Crippen LogP contribution in [0.3, 0.4) is 0 Å². The summed E-state index contributed by atoms with van der Waals surface area (Å²) in [4.78, 5) is 14.8. The quantitative estimate of drug-likeness (QED) is 0.817. The summed E-state index contributed by atoms with van der Waals surface area (Å²) in [6.07, 6.45) is 2.47. The lowest BCUT2D eigenvalue weighted by molar-refractivity contribution is -0.138. The van der Waals surface area contributed by atoms with Gasteiger partial charge < -0.3 is 9.47 Å². The molecule has 1 aromatic carbocycles. The SMILES string of the molecule is CS(=O)(=O)N1CCC(C(=O)N2CCn3c(cc4ccccc43)C2)CC1. The van der Waals surface area contributed by atoms with Crippen molar-refractivity contribution >= 4 is 26.8 Å². The minimum Gasteiger partial charge on any atom is -0.341 e. The molecule has 0 atom stereocenters. The van der Waals surface area contributed by atoms with Gasteiger partial charge in [-0.3, -0.25) is 4.79 Å². The van der Waals surface area contributed by atoms with Crippen molar-refractivity contribution in [2.24, 2.45) is 5.92 Å². The van der Waals surface area contributed by atoms with Gasteiger partial charge in [0.15, 0.2) is 0 Å². The Bertz CT molecular complexity index is 911. The highest BCUT2D eigenvalue weighted by atomic mass is 32.2. The van der Waals surface area contributed by atoms with E-state index in [2.05, 4.69) is 22.8 Å². The lowest BCUT2D eigenvalue weighted by atomic mass is 9.96. The summed E-state index contributed by atoms with van der Waals surface area (Å²) in [5, 5.41) is 1.22. The molecule has 0 radical (unpaired) electrons. The fourth-order valence-electron chi connectivity index (χ4n) is 4.04. The highest BCUT2D eigenvalue weighted by Crippen LogP contribution is 2.27. The number of amides is 1. The Morgan fingerprint density at radius 3 is 2.52 bits per heavy atom. The predicted molar refractivity (Wildman–Crippen MR) is 96.5 cm³/mol. The minimum absolute atomic E-state index is 0.0612. The number of benzene rings is 1. The van der Waals surface area contributed by atoms with Crippen molar-refractivity contribution in [2.45, 2.75) is 25.9 Å². The molecule has 1 fully saturated rings. The van der Waals surface area contributed by atoms with Gasteiger partial charge in [-0.25, -0.2) is 12.7 Å². The average Bonchev–Trinajstić information content (AvgIpc) is 2.98. The first-order valence-corrected chi connectivity index (χ1v) is 10.6. The van der Waals surface area contributed by atoms with E-state index < -0.39 is 10.0 Å². The molecule has 0 saturated carbocycles. The summed E-state index contributed by atoms with van der Waals surface area (Å²) in [6.45, 7) is 3.07. The van der Waals surface area contributed by atoms with Crippen molar-refractivity contribution in [2.75, 3.05) is 25.9 Å². The van der Waals surface area contributed by atoms with Crippen LogP contribution in [0, 0.1) is 5.92 Å². The Morgan fingerprint density at radius 2 is 1.80 bits per heavy atom. The van der Waals surface area contributed by atoms with Crippen LogP contribution >= 0.6 is 0 Å². The normalized spacial score (nSPS) is 20.0. The average molecular weight is 361 g/mol. The van der Waals surface area contributed by atoms with Crippen molar-refractivity contribution in [1.29, 1.82) is 0 Å². The Labute approximate surface area is 148 Å². The third-order valence-corrected chi connectivity index (χ3v) is 6.73. The molecule has 134 valence electrons. The number of carbonyl (C=O) groups is 1. The molecule has 0 aliphatic carbocycles. The van der Waals surface area contributed by atoms with E-state index in [4.69, 9.17) is 0 Å². The maximum absolute atomic E-state index is 12.9. The standard InChI is InChI=1S/C18H23N3O3S/c1-25(23,24)20-8-6-14(7-9-20)18(22)19-10-11-21-16(13-19)12-15-4-2-3-5-17(15)21/h2-5,12,14H,6-11,13H2,1H3. The number of rotatable bonds is 2. The summed E-state index contributed by atoms with van der Waals surface area (Å²) in [5.74, 6) is 0.110. The van der Waals surface area contributed by atoms with Gasteiger partial charge in [-0.2, -0.15) is 0 Å². The molecular formula is C18H23N3O3S. The fourth-order valence-corrected chi connectivity index (χ4v) is 4.91. The smallest absolute Gasteiger partial charge is 0.226 e. The first-order valence-electron chi connectivity index (χ1n) is 8.74. The largest absolute Gasteiger partial charge is 0.341 e. The zero-order valence-electron chi connectivity index (χ0n) is 14.4. The second-order valence-electron chi connectivity index (χ2n) is 7.04. The molecule has 2 aliphatic heterocycles. The van der Waals surface area contributed by atoms with E-state index in [0.29, 0.717) is 32.5 Å². The summed E-state index contributed by atoms with van der Waals surface area (Å²) >= 11 is 0. The Hall–Kier alpha value is -1.86. The van der Waals surface area contributed by atoms with Crippen LogP contribution in [0.1, 0.15) is 18.5 Å². The van der Waals surface area contributed by atoms with Crippen LogP contribution in [0.25, 0.3) is 10.9 Å². The number of fused-ring (bicyclic) bond motifs is 3. The lowest BCUT2D eigenvalue weighted by Crippen LogP contribution is -2.46. The zero-order chi connectivity index (χ0) is 17.6. The molecule has 0 N–H and O–H groups in total. The molecule has 7 heteroatoms. The van der Waals surface area contributed by atoms with Gasteiger partial charge in [-0.15, -0.1) is 0 Å². The molecule has 1 saturated heterocycles. The number of aromatic nitrogens is 1. The van der Waals surface area contributed by atoms with Gasteiger partial charge in [0.1, 0.15) is 0 Å². The molecule has 3 heterocycles. The molecule has 1 amide bonds. The number of para-hydroxylation sites is 1. The van der Waals surface area contributed by atoms with Gasteiger partial charge in [0.25, 0.3) is 0 Å².